The van der Waals surface area contributed by atoms with Crippen molar-refractivity contribution in [3.8, 4) is 11.5 Å². The zero-order valence-electron chi connectivity index (χ0n) is 15.0. The molecule has 4 aromatic rings. The maximum absolute atomic E-state index is 12.5. The summed E-state index contributed by atoms with van der Waals surface area (Å²) in [5.74, 6) is 0.181. The van der Waals surface area contributed by atoms with Crippen LogP contribution in [0.2, 0.25) is 0 Å². The van der Waals surface area contributed by atoms with Crippen LogP contribution in [0.1, 0.15) is 21.6 Å². The lowest BCUT2D eigenvalue weighted by atomic mass is 10.2. The Bertz CT molecular complexity index is 1150. The van der Waals surface area contributed by atoms with E-state index >= 15 is 0 Å². The topological polar surface area (TPSA) is 110 Å². The summed E-state index contributed by atoms with van der Waals surface area (Å²) in [6, 6.07) is 12.6. The molecule has 0 spiro atoms. The highest BCUT2D eigenvalue weighted by Crippen LogP contribution is 2.12. The predicted octanol–water partition coefficient (Wildman–Crippen LogP) is 1.38. The van der Waals surface area contributed by atoms with Crippen LogP contribution in [0, 0.1) is 6.92 Å². The van der Waals surface area contributed by atoms with Crippen molar-refractivity contribution in [2.45, 2.75) is 13.5 Å². The number of H-pyrrole nitrogens is 1. The molecule has 1 amide bonds. The molecule has 2 N–H and O–H groups in total. The molecular weight excluding hydrogens is 358 g/mol. The summed E-state index contributed by atoms with van der Waals surface area (Å²) in [5, 5.41) is 17.7. The van der Waals surface area contributed by atoms with Crippen molar-refractivity contribution >= 4 is 5.91 Å². The second-order valence-electron chi connectivity index (χ2n) is 6.15. The Morgan fingerprint density at radius 1 is 1.11 bits per heavy atom. The Morgan fingerprint density at radius 2 is 1.93 bits per heavy atom. The summed E-state index contributed by atoms with van der Waals surface area (Å²) in [4.78, 5) is 23.7. The Morgan fingerprint density at radius 3 is 2.68 bits per heavy atom. The van der Waals surface area contributed by atoms with Gasteiger partial charge in [0.05, 0.1) is 29.3 Å². The zero-order chi connectivity index (χ0) is 19.5. The van der Waals surface area contributed by atoms with Crippen LogP contribution in [0.3, 0.4) is 0 Å². The fourth-order valence-corrected chi connectivity index (χ4v) is 2.77. The number of hydrogen-bond acceptors (Lipinski definition) is 5. The van der Waals surface area contributed by atoms with Crippen LogP contribution in [0.25, 0.3) is 11.5 Å². The number of amides is 1. The highest BCUT2D eigenvalue weighted by atomic mass is 16.1. The number of hydrogen-bond donors (Lipinski definition) is 2. The third-order valence-corrected chi connectivity index (χ3v) is 4.25. The molecule has 1 aromatic carbocycles. The monoisotopic (exact) mass is 375 g/mol. The van der Waals surface area contributed by atoms with Gasteiger partial charge in [0, 0.05) is 24.4 Å². The molecule has 0 saturated carbocycles. The van der Waals surface area contributed by atoms with Crippen molar-refractivity contribution in [3.63, 3.8) is 0 Å². The maximum atomic E-state index is 12.5. The van der Waals surface area contributed by atoms with Crippen molar-refractivity contribution in [1.29, 1.82) is 0 Å². The van der Waals surface area contributed by atoms with Crippen LogP contribution in [0.15, 0.2) is 65.8 Å². The third kappa shape index (κ3) is 3.45. The van der Waals surface area contributed by atoms with Gasteiger partial charge >= 0.3 is 0 Å². The molecule has 0 bridgehead atoms. The highest BCUT2D eigenvalue weighted by molar-refractivity contribution is 5.95. The molecule has 28 heavy (non-hydrogen) atoms. The molecule has 0 fully saturated rings. The van der Waals surface area contributed by atoms with Crippen LogP contribution < -0.4 is 10.9 Å². The second-order valence-corrected chi connectivity index (χ2v) is 6.15. The van der Waals surface area contributed by atoms with Crippen LogP contribution >= 0.6 is 0 Å². The lowest BCUT2D eigenvalue weighted by Gasteiger charge is -2.05. The first-order valence-corrected chi connectivity index (χ1v) is 8.60. The molecule has 9 heteroatoms. The van der Waals surface area contributed by atoms with Crippen molar-refractivity contribution in [2.75, 3.05) is 0 Å². The Balaban J connectivity index is 1.45. The quantitative estimate of drug-likeness (QED) is 0.547. The molecule has 3 heterocycles. The number of carbonyl (C=O) groups is 1. The van der Waals surface area contributed by atoms with Gasteiger partial charge < -0.3 is 5.32 Å². The van der Waals surface area contributed by atoms with Gasteiger partial charge in [-0.3, -0.25) is 9.59 Å². The summed E-state index contributed by atoms with van der Waals surface area (Å²) in [6.07, 6.45) is 5.06. The van der Waals surface area contributed by atoms with E-state index < -0.39 is 0 Å². The van der Waals surface area contributed by atoms with E-state index in [1.54, 1.807) is 23.9 Å². The molecule has 0 radical (unpaired) electrons. The van der Waals surface area contributed by atoms with Gasteiger partial charge in [-0.25, -0.2) is 14.5 Å². The summed E-state index contributed by atoms with van der Waals surface area (Å²) < 4.78 is 3.25. The van der Waals surface area contributed by atoms with E-state index in [1.165, 1.54) is 16.9 Å². The first-order chi connectivity index (χ1) is 13.6. The van der Waals surface area contributed by atoms with Gasteiger partial charge in [0.2, 0.25) is 0 Å². The minimum absolute atomic E-state index is 0.249. The molecule has 0 atom stereocenters. The van der Waals surface area contributed by atoms with E-state index in [2.05, 4.69) is 25.7 Å². The number of benzene rings is 1. The van der Waals surface area contributed by atoms with E-state index in [0.29, 0.717) is 23.6 Å². The van der Waals surface area contributed by atoms with Crippen LogP contribution in [0.4, 0.5) is 0 Å². The molecule has 0 aliphatic rings. The third-order valence-electron chi connectivity index (χ3n) is 4.25. The second kappa shape index (κ2) is 7.31. The first kappa shape index (κ1) is 17.4. The molecule has 140 valence electrons. The lowest BCUT2D eigenvalue weighted by Crippen LogP contribution is -2.23. The van der Waals surface area contributed by atoms with Crippen molar-refractivity contribution in [2.24, 2.45) is 0 Å². The number of nitrogens with zero attached hydrogens (tertiary/aromatic N) is 5. The average molecular weight is 375 g/mol. The van der Waals surface area contributed by atoms with Gasteiger partial charge in [-0.05, 0) is 25.1 Å². The molecule has 9 nitrogen and oxygen atoms in total. The van der Waals surface area contributed by atoms with E-state index in [4.69, 9.17) is 0 Å². The minimum Gasteiger partial charge on any atom is -0.348 e. The summed E-state index contributed by atoms with van der Waals surface area (Å²) >= 11 is 0. The fraction of sp³-hybridized carbons (Fsp3) is 0.105. The number of carbonyl (C=O) groups excluding carboxylic acids is 1. The lowest BCUT2D eigenvalue weighted by molar-refractivity contribution is 0.0950. The summed E-state index contributed by atoms with van der Waals surface area (Å²) in [6.45, 7) is 2.11. The Labute approximate surface area is 159 Å². The molecule has 3 aromatic heterocycles. The smallest absolute Gasteiger partial charge is 0.264 e. The van der Waals surface area contributed by atoms with Crippen LogP contribution in [-0.4, -0.2) is 35.7 Å². The van der Waals surface area contributed by atoms with E-state index in [-0.39, 0.29) is 11.5 Å². The molecule has 0 aliphatic heterocycles. The normalized spacial score (nSPS) is 10.8. The number of aromatic amines is 1. The van der Waals surface area contributed by atoms with E-state index in [0.717, 1.165) is 11.3 Å². The van der Waals surface area contributed by atoms with Gasteiger partial charge in [-0.15, -0.1) is 0 Å². The van der Waals surface area contributed by atoms with E-state index in [9.17, 15) is 9.59 Å². The fourth-order valence-electron chi connectivity index (χ4n) is 2.77. The standard InChI is InChI=1S/C19H17N7O2/c1-13-16(11-22-26(13)17-7-8-18(27)24-23-17)19(28)20-9-14-10-21-25(12-14)15-5-3-2-4-6-15/h2-8,10-12H,9H2,1H3,(H,20,28)(H,24,27). The van der Waals surface area contributed by atoms with Crippen LogP contribution in [0.5, 0.6) is 0 Å². The minimum atomic E-state index is -0.303. The summed E-state index contributed by atoms with van der Waals surface area (Å²) in [5.41, 5.74) is 2.58. The van der Waals surface area contributed by atoms with Gasteiger partial charge in [-0.2, -0.15) is 15.3 Å². The van der Waals surface area contributed by atoms with Crippen LogP contribution in [-0.2, 0) is 6.54 Å². The predicted molar refractivity (Wildman–Crippen MR) is 101 cm³/mol. The number of rotatable bonds is 5. The van der Waals surface area contributed by atoms with Crippen molar-refractivity contribution < 1.29 is 4.79 Å². The largest absolute Gasteiger partial charge is 0.348 e. The molecule has 0 unspecified atom stereocenters. The van der Waals surface area contributed by atoms with Gasteiger partial charge in [0.15, 0.2) is 5.82 Å². The molecule has 0 saturated heterocycles. The average Bonchev–Trinajstić information content (AvgIpc) is 3.34. The van der Waals surface area contributed by atoms with Crippen molar-refractivity contribution in [3.05, 3.63) is 88.2 Å². The SMILES string of the molecule is Cc1c(C(=O)NCc2cnn(-c3ccccc3)c2)cnn1-c1ccc(=O)[nH]n1. The molecule has 4 rings (SSSR count). The van der Waals surface area contributed by atoms with Gasteiger partial charge in [0.25, 0.3) is 11.5 Å². The number of nitrogens with one attached hydrogen (secondary N) is 2. The van der Waals surface area contributed by atoms with Gasteiger partial charge in [0.1, 0.15) is 0 Å². The van der Waals surface area contributed by atoms with Crippen molar-refractivity contribution in [1.82, 2.24) is 35.1 Å². The maximum Gasteiger partial charge on any atom is 0.264 e. The number of aromatic nitrogens is 6. The molecule has 0 aliphatic carbocycles. The van der Waals surface area contributed by atoms with Gasteiger partial charge in [-0.1, -0.05) is 18.2 Å². The number of para-hydroxylation sites is 1. The first-order valence-electron chi connectivity index (χ1n) is 8.60. The molecular formula is C19H17N7O2. The highest BCUT2D eigenvalue weighted by Gasteiger charge is 2.16. The summed E-state index contributed by atoms with van der Waals surface area (Å²) in [7, 11) is 0. The Hall–Kier alpha value is -4.01. The van der Waals surface area contributed by atoms with E-state index in [1.807, 2.05) is 36.5 Å². The zero-order valence-corrected chi connectivity index (χ0v) is 15.0. The Kier molecular flexibility index (Phi) is 4.55.